The molecule has 4 nitrogen and oxygen atoms in total. The van der Waals surface area contributed by atoms with Gasteiger partial charge in [0.05, 0.1) is 12.7 Å². The van der Waals surface area contributed by atoms with E-state index in [1.54, 1.807) is 12.5 Å². The quantitative estimate of drug-likeness (QED) is 0.724. The van der Waals surface area contributed by atoms with Crippen LogP contribution < -0.4 is 0 Å². The second-order valence-corrected chi connectivity index (χ2v) is 3.09. The molecule has 1 N–H and O–H groups in total. The second-order valence-electron chi connectivity index (χ2n) is 3.09. The Kier molecular flexibility index (Phi) is 1.60. The molecule has 1 fully saturated rings. The maximum Gasteiger partial charge on any atom is 0.309 e. The summed E-state index contributed by atoms with van der Waals surface area (Å²) in [7, 11) is 0. The molecule has 12 heavy (non-hydrogen) atoms. The van der Waals surface area contributed by atoms with E-state index in [-0.39, 0.29) is 6.42 Å². The van der Waals surface area contributed by atoms with Gasteiger partial charge in [-0.2, -0.15) is 0 Å². The van der Waals surface area contributed by atoms with Crippen LogP contribution in [0.5, 0.6) is 0 Å². The van der Waals surface area contributed by atoms with Crippen molar-refractivity contribution < 1.29 is 9.90 Å². The second kappa shape index (κ2) is 2.62. The van der Waals surface area contributed by atoms with Crippen molar-refractivity contribution in [1.82, 2.24) is 9.55 Å². The third-order valence-electron chi connectivity index (χ3n) is 2.02. The monoisotopic (exact) mass is 166 g/mol. The molecule has 1 aromatic rings. The van der Waals surface area contributed by atoms with Gasteiger partial charge in [0, 0.05) is 17.9 Å². The van der Waals surface area contributed by atoms with Gasteiger partial charge in [0.25, 0.3) is 0 Å². The minimum absolute atomic E-state index is 0.0799. The number of nitrogens with zero attached hydrogens (tertiary/aromatic N) is 2. The van der Waals surface area contributed by atoms with E-state index in [2.05, 4.69) is 4.98 Å². The van der Waals surface area contributed by atoms with Gasteiger partial charge in [0.15, 0.2) is 0 Å². The van der Waals surface area contributed by atoms with Crippen molar-refractivity contribution in [1.29, 1.82) is 0 Å². The molecular weight excluding hydrogens is 156 g/mol. The predicted octanol–water partition coefficient (Wildman–Crippen LogP) is 0.845. The Balaban J connectivity index is 2.18. The molecule has 0 bridgehead atoms. The van der Waals surface area contributed by atoms with Crippen LogP contribution in [0.3, 0.4) is 0 Å². The van der Waals surface area contributed by atoms with Crippen molar-refractivity contribution in [3.8, 4) is 0 Å². The lowest BCUT2D eigenvalue weighted by Crippen LogP contribution is -2.06. The van der Waals surface area contributed by atoms with Crippen molar-refractivity contribution >= 4 is 5.97 Å². The van der Waals surface area contributed by atoms with Gasteiger partial charge >= 0.3 is 5.97 Å². The number of imidazole rings is 1. The van der Waals surface area contributed by atoms with Gasteiger partial charge in [-0.25, -0.2) is 4.98 Å². The van der Waals surface area contributed by atoms with Crippen LogP contribution >= 0.6 is 0 Å². The fourth-order valence-corrected chi connectivity index (χ4v) is 1.31. The average molecular weight is 166 g/mol. The first kappa shape index (κ1) is 7.34. The van der Waals surface area contributed by atoms with E-state index in [1.807, 2.05) is 4.57 Å². The average Bonchev–Trinajstić information content (AvgIpc) is 2.73. The van der Waals surface area contributed by atoms with E-state index >= 15 is 0 Å². The van der Waals surface area contributed by atoms with Gasteiger partial charge in [-0.1, -0.05) is 0 Å². The largest absolute Gasteiger partial charge is 0.481 e. The van der Waals surface area contributed by atoms with Crippen molar-refractivity contribution in [2.24, 2.45) is 0 Å². The van der Waals surface area contributed by atoms with Crippen LogP contribution in [0, 0.1) is 0 Å². The normalized spacial score (nSPS) is 16.3. The maximum absolute atomic E-state index is 10.4. The van der Waals surface area contributed by atoms with E-state index < -0.39 is 5.97 Å². The highest BCUT2D eigenvalue weighted by Gasteiger charge is 2.25. The molecular formula is C8H10N2O2. The smallest absolute Gasteiger partial charge is 0.309 e. The van der Waals surface area contributed by atoms with E-state index in [0.717, 1.165) is 18.5 Å². The zero-order valence-electron chi connectivity index (χ0n) is 6.60. The number of carboxylic acid groups (broad SMARTS) is 1. The Hall–Kier alpha value is -1.32. The van der Waals surface area contributed by atoms with Gasteiger partial charge < -0.3 is 9.67 Å². The molecule has 1 aliphatic rings. The minimum atomic E-state index is -0.794. The summed E-state index contributed by atoms with van der Waals surface area (Å²) in [4.78, 5) is 14.4. The van der Waals surface area contributed by atoms with Crippen molar-refractivity contribution in [2.45, 2.75) is 25.3 Å². The van der Waals surface area contributed by atoms with Crippen LogP contribution in [0.1, 0.15) is 24.6 Å². The molecule has 1 aliphatic carbocycles. The number of hydrogen-bond acceptors (Lipinski definition) is 2. The van der Waals surface area contributed by atoms with Crippen LogP contribution in [0.15, 0.2) is 12.5 Å². The fourth-order valence-electron chi connectivity index (χ4n) is 1.31. The summed E-state index contributed by atoms with van der Waals surface area (Å²) in [5, 5.41) is 8.57. The number of aliphatic carboxylic acids is 1. The molecule has 0 atom stereocenters. The summed E-state index contributed by atoms with van der Waals surface area (Å²) in [6.45, 7) is 0. The van der Waals surface area contributed by atoms with E-state index in [9.17, 15) is 4.79 Å². The molecule has 0 unspecified atom stereocenters. The van der Waals surface area contributed by atoms with Gasteiger partial charge in [-0.05, 0) is 12.8 Å². The van der Waals surface area contributed by atoms with Crippen LogP contribution in [-0.2, 0) is 11.2 Å². The fraction of sp³-hybridized carbons (Fsp3) is 0.500. The van der Waals surface area contributed by atoms with Crippen molar-refractivity contribution in [3.05, 3.63) is 18.2 Å². The molecule has 0 saturated heterocycles. The summed E-state index contributed by atoms with van der Waals surface area (Å²) in [5.74, 6) is -0.794. The molecule has 2 rings (SSSR count). The molecule has 4 heteroatoms. The number of carbonyl (C=O) groups is 1. The highest BCUT2D eigenvalue weighted by molar-refractivity contribution is 5.69. The first-order chi connectivity index (χ1) is 5.77. The van der Waals surface area contributed by atoms with Crippen molar-refractivity contribution in [3.63, 3.8) is 0 Å². The first-order valence-corrected chi connectivity index (χ1v) is 4.00. The summed E-state index contributed by atoms with van der Waals surface area (Å²) >= 11 is 0. The number of hydrogen-bond donors (Lipinski definition) is 1. The van der Waals surface area contributed by atoms with Crippen molar-refractivity contribution in [2.75, 3.05) is 0 Å². The molecule has 0 spiro atoms. The molecule has 0 aromatic carbocycles. The Bertz CT molecular complexity index is 302. The maximum atomic E-state index is 10.4. The van der Waals surface area contributed by atoms with Gasteiger partial charge in [-0.15, -0.1) is 0 Å². The molecule has 1 aromatic heterocycles. The molecule has 0 radical (unpaired) electrons. The Morgan fingerprint density at radius 2 is 2.50 bits per heavy atom. The van der Waals surface area contributed by atoms with Crippen LogP contribution in [-0.4, -0.2) is 20.6 Å². The minimum Gasteiger partial charge on any atom is -0.481 e. The Labute approximate surface area is 69.8 Å². The van der Waals surface area contributed by atoms with Crippen LogP contribution in [0.25, 0.3) is 0 Å². The SMILES string of the molecule is O=C(O)Cc1cncn1C1CC1. The van der Waals surface area contributed by atoms with Crippen LogP contribution in [0.4, 0.5) is 0 Å². The summed E-state index contributed by atoms with van der Waals surface area (Å²) in [5.41, 5.74) is 0.810. The summed E-state index contributed by atoms with van der Waals surface area (Å²) < 4.78 is 1.97. The topological polar surface area (TPSA) is 55.1 Å². The number of rotatable bonds is 3. The van der Waals surface area contributed by atoms with E-state index in [0.29, 0.717) is 6.04 Å². The first-order valence-electron chi connectivity index (χ1n) is 4.00. The molecule has 1 heterocycles. The van der Waals surface area contributed by atoms with E-state index in [1.165, 1.54) is 0 Å². The molecule has 64 valence electrons. The third-order valence-corrected chi connectivity index (χ3v) is 2.02. The highest BCUT2D eigenvalue weighted by atomic mass is 16.4. The predicted molar refractivity (Wildman–Crippen MR) is 41.8 cm³/mol. The summed E-state index contributed by atoms with van der Waals surface area (Å²) in [6.07, 6.45) is 5.74. The van der Waals surface area contributed by atoms with Gasteiger partial charge in [0.2, 0.25) is 0 Å². The molecule has 0 amide bonds. The third kappa shape index (κ3) is 1.32. The van der Waals surface area contributed by atoms with Gasteiger partial charge in [-0.3, -0.25) is 4.79 Å². The zero-order chi connectivity index (χ0) is 8.55. The van der Waals surface area contributed by atoms with E-state index in [4.69, 9.17) is 5.11 Å². The lowest BCUT2D eigenvalue weighted by atomic mass is 10.3. The number of carboxylic acids is 1. The zero-order valence-corrected chi connectivity index (χ0v) is 6.60. The van der Waals surface area contributed by atoms with Gasteiger partial charge in [0.1, 0.15) is 0 Å². The number of aromatic nitrogens is 2. The standard InChI is InChI=1S/C8H10N2O2/c11-8(12)3-7-4-9-5-10(7)6-1-2-6/h4-6H,1-3H2,(H,11,12). The lowest BCUT2D eigenvalue weighted by molar-refractivity contribution is -0.136. The highest BCUT2D eigenvalue weighted by Crippen LogP contribution is 2.35. The van der Waals surface area contributed by atoms with Crippen LogP contribution in [0.2, 0.25) is 0 Å². The molecule has 0 aliphatic heterocycles. The Morgan fingerprint density at radius 1 is 1.75 bits per heavy atom. The summed E-state index contributed by atoms with van der Waals surface area (Å²) in [6, 6.07) is 0.516. The lowest BCUT2D eigenvalue weighted by Gasteiger charge is -2.02. The Morgan fingerprint density at radius 3 is 3.08 bits per heavy atom. The molecule has 1 saturated carbocycles.